The predicted molar refractivity (Wildman–Crippen MR) is 172 cm³/mol. The number of para-hydroxylation sites is 2. The quantitative estimate of drug-likeness (QED) is 0.113. The van der Waals surface area contributed by atoms with Gasteiger partial charge in [0.1, 0.15) is 17.2 Å². The predicted octanol–water partition coefficient (Wildman–Crippen LogP) is 5.29. The lowest BCUT2D eigenvalue weighted by atomic mass is 10.1. The summed E-state index contributed by atoms with van der Waals surface area (Å²) in [5.41, 5.74) is 5.97. The van der Waals surface area contributed by atoms with Crippen molar-refractivity contribution in [2.24, 2.45) is 5.10 Å². The van der Waals surface area contributed by atoms with E-state index in [4.69, 9.17) is 14.6 Å². The Morgan fingerprint density at radius 1 is 0.822 bits per heavy atom. The van der Waals surface area contributed by atoms with Crippen LogP contribution in [0.4, 0.5) is 11.4 Å². The number of anilines is 2. The summed E-state index contributed by atoms with van der Waals surface area (Å²) in [5, 5.41) is 14.0. The average molecular weight is 603 g/mol. The van der Waals surface area contributed by atoms with Crippen LogP contribution in [0.1, 0.15) is 22.8 Å². The third-order valence-corrected chi connectivity index (χ3v) is 6.55. The highest BCUT2D eigenvalue weighted by molar-refractivity contribution is 6.40. The summed E-state index contributed by atoms with van der Waals surface area (Å²) in [5.74, 6) is -1.10. The number of hydrogen-bond acceptors (Lipinski definition) is 7. The summed E-state index contributed by atoms with van der Waals surface area (Å²) in [6, 6.07) is 30.2. The van der Waals surface area contributed by atoms with Crippen LogP contribution in [0.5, 0.6) is 11.5 Å². The van der Waals surface area contributed by atoms with Crippen LogP contribution >= 0.6 is 0 Å². The molecule has 1 heterocycles. The Morgan fingerprint density at radius 2 is 1.51 bits per heavy atom. The molecule has 0 atom stereocenters. The first-order valence-electron chi connectivity index (χ1n) is 14.0. The molecule has 0 spiro atoms. The number of aromatic nitrogens is 2. The smallest absolute Gasteiger partial charge is 0.329 e. The van der Waals surface area contributed by atoms with E-state index in [0.29, 0.717) is 35.1 Å². The summed E-state index contributed by atoms with van der Waals surface area (Å²) in [4.78, 5) is 38.4. The molecule has 1 aromatic heterocycles. The van der Waals surface area contributed by atoms with E-state index in [-0.39, 0.29) is 11.3 Å². The zero-order chi connectivity index (χ0) is 31.6. The van der Waals surface area contributed by atoms with Gasteiger partial charge in [-0.1, -0.05) is 30.3 Å². The van der Waals surface area contributed by atoms with Gasteiger partial charge in [0.05, 0.1) is 36.9 Å². The van der Waals surface area contributed by atoms with Crippen LogP contribution in [0.15, 0.2) is 114 Å². The molecule has 0 unspecified atom stereocenters. The number of benzene rings is 4. The molecular weight excluding hydrogens is 572 g/mol. The molecule has 0 aliphatic heterocycles. The first kappa shape index (κ1) is 30.2. The first-order chi connectivity index (χ1) is 21.9. The Morgan fingerprint density at radius 3 is 2.22 bits per heavy atom. The summed E-state index contributed by atoms with van der Waals surface area (Å²) >= 11 is 0. The Kier molecular flexibility index (Phi) is 9.60. The molecule has 3 amide bonds. The van der Waals surface area contributed by atoms with Crippen molar-refractivity contribution in [2.45, 2.75) is 6.92 Å². The highest BCUT2D eigenvalue weighted by Gasteiger charge is 2.18. The molecular formula is C34H30N6O5. The summed E-state index contributed by atoms with van der Waals surface area (Å²) in [6.45, 7) is 2.41. The molecule has 0 aliphatic carbocycles. The van der Waals surface area contributed by atoms with E-state index < -0.39 is 17.7 Å². The SMILES string of the molecule is CCOc1ccc(NC(=O)c2ccccc2NC(=O)C(=O)NN=Cc2cn(-c3ccccc3)nc2-c2ccc(OC)cc2)cc1. The van der Waals surface area contributed by atoms with Crippen molar-refractivity contribution in [1.29, 1.82) is 0 Å². The zero-order valence-electron chi connectivity index (χ0n) is 24.6. The minimum absolute atomic E-state index is 0.163. The minimum Gasteiger partial charge on any atom is -0.497 e. The normalized spacial score (nSPS) is 10.7. The number of carbonyl (C=O) groups is 3. The van der Waals surface area contributed by atoms with Crippen molar-refractivity contribution < 1.29 is 23.9 Å². The van der Waals surface area contributed by atoms with Crippen LogP contribution in [0.3, 0.4) is 0 Å². The fourth-order valence-corrected chi connectivity index (χ4v) is 4.35. The van der Waals surface area contributed by atoms with Gasteiger partial charge < -0.3 is 20.1 Å². The number of amides is 3. The second-order valence-electron chi connectivity index (χ2n) is 9.55. The Labute approximate surface area is 259 Å². The Bertz CT molecular complexity index is 1820. The molecule has 5 aromatic rings. The lowest BCUT2D eigenvalue weighted by Crippen LogP contribution is -2.33. The fraction of sp³-hybridized carbons (Fsp3) is 0.0882. The summed E-state index contributed by atoms with van der Waals surface area (Å²) in [7, 11) is 1.59. The third kappa shape index (κ3) is 7.59. The number of nitrogens with zero attached hydrogens (tertiary/aromatic N) is 3. The monoisotopic (exact) mass is 602 g/mol. The molecule has 0 fully saturated rings. The molecule has 5 rings (SSSR count). The molecule has 4 aromatic carbocycles. The van der Waals surface area contributed by atoms with Gasteiger partial charge in [-0.2, -0.15) is 10.2 Å². The van der Waals surface area contributed by atoms with Crippen molar-refractivity contribution >= 4 is 35.3 Å². The van der Waals surface area contributed by atoms with Crippen molar-refractivity contribution in [3.63, 3.8) is 0 Å². The van der Waals surface area contributed by atoms with E-state index in [1.165, 1.54) is 12.3 Å². The molecule has 3 N–H and O–H groups in total. The van der Waals surface area contributed by atoms with Crippen molar-refractivity contribution in [3.8, 4) is 28.4 Å². The van der Waals surface area contributed by atoms with E-state index >= 15 is 0 Å². The molecule has 0 saturated carbocycles. The second-order valence-corrected chi connectivity index (χ2v) is 9.55. The van der Waals surface area contributed by atoms with Crippen LogP contribution in [0.2, 0.25) is 0 Å². The summed E-state index contributed by atoms with van der Waals surface area (Å²) < 4.78 is 12.4. The number of ether oxygens (including phenoxy) is 2. The maximum absolute atomic E-state index is 13.0. The van der Waals surface area contributed by atoms with Crippen LogP contribution in [-0.2, 0) is 9.59 Å². The number of methoxy groups -OCH3 is 1. The van der Waals surface area contributed by atoms with Gasteiger partial charge in [0.15, 0.2) is 0 Å². The van der Waals surface area contributed by atoms with Crippen LogP contribution in [0, 0.1) is 0 Å². The Hall–Kier alpha value is -6.23. The van der Waals surface area contributed by atoms with Gasteiger partial charge in [-0.05, 0) is 79.7 Å². The molecule has 11 nitrogen and oxygen atoms in total. The van der Waals surface area contributed by atoms with Gasteiger partial charge >= 0.3 is 11.8 Å². The third-order valence-electron chi connectivity index (χ3n) is 6.55. The molecule has 0 radical (unpaired) electrons. The maximum Gasteiger partial charge on any atom is 0.329 e. The van der Waals surface area contributed by atoms with E-state index in [9.17, 15) is 14.4 Å². The fourth-order valence-electron chi connectivity index (χ4n) is 4.35. The summed E-state index contributed by atoms with van der Waals surface area (Å²) in [6.07, 6.45) is 3.18. The number of hydrogen-bond donors (Lipinski definition) is 3. The average Bonchev–Trinajstić information content (AvgIpc) is 3.50. The van der Waals surface area contributed by atoms with Crippen LogP contribution < -0.4 is 25.5 Å². The van der Waals surface area contributed by atoms with Crippen molar-refractivity contribution in [3.05, 3.63) is 120 Å². The highest BCUT2D eigenvalue weighted by Crippen LogP contribution is 2.25. The molecule has 45 heavy (non-hydrogen) atoms. The van der Waals surface area contributed by atoms with Crippen molar-refractivity contribution in [1.82, 2.24) is 15.2 Å². The minimum atomic E-state index is -1.02. The number of hydrazone groups is 1. The van der Waals surface area contributed by atoms with Gasteiger partial charge in [0.2, 0.25) is 0 Å². The molecule has 0 aliphatic rings. The van der Waals surface area contributed by atoms with Crippen molar-refractivity contribution in [2.75, 3.05) is 24.4 Å². The molecule has 11 heteroatoms. The molecule has 226 valence electrons. The van der Waals surface area contributed by atoms with E-state index in [2.05, 4.69) is 21.2 Å². The Balaban J connectivity index is 1.27. The maximum atomic E-state index is 13.0. The van der Waals surface area contributed by atoms with E-state index in [0.717, 1.165) is 11.3 Å². The van der Waals surface area contributed by atoms with Gasteiger partial charge in [-0.3, -0.25) is 14.4 Å². The number of nitrogens with one attached hydrogen (secondary N) is 3. The number of carbonyl (C=O) groups excluding carboxylic acids is 3. The van der Waals surface area contributed by atoms with Crippen LogP contribution in [-0.4, -0.2) is 47.4 Å². The van der Waals surface area contributed by atoms with E-state index in [1.807, 2.05) is 61.5 Å². The second kappa shape index (κ2) is 14.3. The van der Waals surface area contributed by atoms with Crippen LogP contribution in [0.25, 0.3) is 16.9 Å². The topological polar surface area (TPSA) is 136 Å². The van der Waals surface area contributed by atoms with Gasteiger partial charge in [-0.15, -0.1) is 0 Å². The zero-order valence-corrected chi connectivity index (χ0v) is 24.6. The molecule has 0 saturated heterocycles. The van der Waals surface area contributed by atoms with Gasteiger partial charge in [0.25, 0.3) is 5.91 Å². The lowest BCUT2D eigenvalue weighted by Gasteiger charge is -2.11. The molecule has 0 bridgehead atoms. The van der Waals surface area contributed by atoms with Gasteiger partial charge in [0, 0.05) is 23.0 Å². The first-order valence-corrected chi connectivity index (χ1v) is 14.0. The standard InChI is InChI=1S/C34H30N6O5/c1-3-45-28-19-15-25(16-20-28)36-32(41)29-11-7-8-12-30(29)37-33(42)34(43)38-35-21-24-22-40(26-9-5-4-6-10-26)39-31(24)23-13-17-27(44-2)18-14-23/h4-22H,3H2,1-2H3,(H,36,41)(H,37,42)(H,38,43). The number of rotatable bonds is 10. The highest BCUT2D eigenvalue weighted by atomic mass is 16.5. The van der Waals surface area contributed by atoms with E-state index in [1.54, 1.807) is 60.5 Å². The lowest BCUT2D eigenvalue weighted by molar-refractivity contribution is -0.136. The van der Waals surface area contributed by atoms with Gasteiger partial charge in [-0.25, -0.2) is 10.1 Å². The largest absolute Gasteiger partial charge is 0.497 e.